The number of nitrogens with zero attached hydrogens (tertiary/aromatic N) is 2. The second-order valence-electron chi connectivity index (χ2n) is 3.60. The van der Waals surface area contributed by atoms with Gasteiger partial charge in [-0.1, -0.05) is 6.07 Å². The van der Waals surface area contributed by atoms with Crippen molar-refractivity contribution in [3.8, 4) is 6.07 Å². The Bertz CT molecular complexity index is 587. The number of benzene rings is 1. The number of nitriles is 1. The van der Waals surface area contributed by atoms with Gasteiger partial charge in [-0.15, -0.1) is 0 Å². The number of rotatable bonds is 2. The average molecular weight is 288 g/mol. The highest BCUT2D eigenvalue weighted by atomic mass is 79.9. The van der Waals surface area contributed by atoms with Gasteiger partial charge in [-0.3, -0.25) is 0 Å². The summed E-state index contributed by atoms with van der Waals surface area (Å²) in [5, 5.41) is 12.1. The molecule has 0 fully saturated rings. The van der Waals surface area contributed by atoms with Crippen LogP contribution in [0.3, 0.4) is 0 Å². The van der Waals surface area contributed by atoms with E-state index < -0.39 is 0 Å². The van der Waals surface area contributed by atoms with Gasteiger partial charge in [0.2, 0.25) is 0 Å². The number of hydrogen-bond donors (Lipinski definition) is 1. The highest BCUT2D eigenvalue weighted by Crippen LogP contribution is 2.25. The van der Waals surface area contributed by atoms with Crippen molar-refractivity contribution in [2.45, 2.75) is 6.92 Å². The van der Waals surface area contributed by atoms with Crippen LogP contribution in [0.2, 0.25) is 0 Å². The number of hydrogen-bond acceptors (Lipinski definition) is 3. The first-order valence-corrected chi connectivity index (χ1v) is 5.88. The summed E-state index contributed by atoms with van der Waals surface area (Å²) in [5.41, 5.74) is 2.59. The van der Waals surface area contributed by atoms with E-state index in [-0.39, 0.29) is 0 Å². The summed E-state index contributed by atoms with van der Waals surface area (Å²) >= 11 is 3.42. The van der Waals surface area contributed by atoms with E-state index in [1.165, 1.54) is 0 Å². The van der Waals surface area contributed by atoms with Gasteiger partial charge in [0.25, 0.3) is 0 Å². The number of halogens is 1. The zero-order chi connectivity index (χ0) is 12.3. The fourth-order valence-corrected chi connectivity index (χ4v) is 1.79. The molecule has 1 aromatic carbocycles. The summed E-state index contributed by atoms with van der Waals surface area (Å²) in [6.07, 6.45) is 1.72. The van der Waals surface area contributed by atoms with Gasteiger partial charge in [0.15, 0.2) is 0 Å². The van der Waals surface area contributed by atoms with E-state index in [0.717, 1.165) is 21.5 Å². The number of anilines is 2. The van der Waals surface area contributed by atoms with Crippen molar-refractivity contribution in [3.05, 3.63) is 52.1 Å². The average Bonchev–Trinajstić information content (AvgIpc) is 2.35. The molecule has 0 aliphatic carbocycles. The van der Waals surface area contributed by atoms with Crippen molar-refractivity contribution in [1.29, 1.82) is 5.26 Å². The predicted octanol–water partition coefficient (Wildman–Crippen LogP) is 3.77. The molecular formula is C13H10BrN3. The lowest BCUT2D eigenvalue weighted by Crippen LogP contribution is -1.96. The fraction of sp³-hybridized carbons (Fsp3) is 0.0769. The lowest BCUT2D eigenvalue weighted by Gasteiger charge is -2.10. The smallest absolute Gasteiger partial charge is 0.144 e. The molecule has 1 N–H and O–H groups in total. The van der Waals surface area contributed by atoms with Gasteiger partial charge in [-0.25, -0.2) is 4.98 Å². The van der Waals surface area contributed by atoms with Crippen molar-refractivity contribution in [1.82, 2.24) is 4.98 Å². The van der Waals surface area contributed by atoms with E-state index in [0.29, 0.717) is 5.56 Å². The minimum atomic E-state index is 0.630. The zero-order valence-electron chi connectivity index (χ0n) is 9.24. The molecule has 0 unspecified atom stereocenters. The van der Waals surface area contributed by atoms with Crippen molar-refractivity contribution in [2.75, 3.05) is 5.32 Å². The Labute approximate surface area is 108 Å². The molecule has 0 aliphatic heterocycles. The molecule has 84 valence electrons. The Morgan fingerprint density at radius 2 is 2.18 bits per heavy atom. The molecule has 0 atom stereocenters. The molecule has 0 aliphatic rings. The molecule has 1 aromatic heterocycles. The summed E-state index contributed by atoms with van der Waals surface area (Å²) in [4.78, 5) is 4.23. The summed E-state index contributed by atoms with van der Waals surface area (Å²) in [5.74, 6) is 0.741. The van der Waals surface area contributed by atoms with E-state index in [2.05, 4.69) is 32.3 Å². The lowest BCUT2D eigenvalue weighted by molar-refractivity contribution is 1.28. The Kier molecular flexibility index (Phi) is 3.40. The van der Waals surface area contributed by atoms with Crippen LogP contribution in [0, 0.1) is 18.3 Å². The first-order valence-electron chi connectivity index (χ1n) is 5.09. The summed E-state index contributed by atoms with van der Waals surface area (Å²) in [6.45, 7) is 1.99. The molecule has 2 aromatic rings. The monoisotopic (exact) mass is 287 g/mol. The second-order valence-corrected chi connectivity index (χ2v) is 4.45. The summed E-state index contributed by atoms with van der Waals surface area (Å²) in [7, 11) is 0. The van der Waals surface area contributed by atoms with Crippen LogP contribution in [0.1, 0.15) is 11.1 Å². The van der Waals surface area contributed by atoms with Gasteiger partial charge in [-0.2, -0.15) is 5.26 Å². The van der Waals surface area contributed by atoms with Crippen LogP contribution in [0.5, 0.6) is 0 Å². The molecule has 0 spiro atoms. The Morgan fingerprint density at radius 3 is 2.88 bits per heavy atom. The van der Waals surface area contributed by atoms with Crippen LogP contribution in [0.15, 0.2) is 41.0 Å². The van der Waals surface area contributed by atoms with Gasteiger partial charge in [0.05, 0.1) is 16.1 Å². The molecule has 3 nitrogen and oxygen atoms in total. The maximum Gasteiger partial charge on any atom is 0.144 e. The third-order valence-electron chi connectivity index (χ3n) is 2.38. The highest BCUT2D eigenvalue weighted by molar-refractivity contribution is 9.10. The predicted molar refractivity (Wildman–Crippen MR) is 71.1 cm³/mol. The molecule has 2 rings (SSSR count). The molecule has 0 radical (unpaired) electrons. The van der Waals surface area contributed by atoms with Crippen molar-refractivity contribution in [2.24, 2.45) is 0 Å². The maximum absolute atomic E-state index is 8.87. The van der Waals surface area contributed by atoms with E-state index >= 15 is 0 Å². The third kappa shape index (κ3) is 2.63. The topological polar surface area (TPSA) is 48.7 Å². The SMILES string of the molecule is Cc1ccc(C#N)cc1Nc1ncccc1Br. The van der Waals surface area contributed by atoms with Crippen LogP contribution in [-0.4, -0.2) is 4.98 Å². The number of nitrogens with one attached hydrogen (secondary N) is 1. The van der Waals surface area contributed by atoms with E-state index in [1.54, 1.807) is 12.3 Å². The standard InChI is InChI=1S/C13H10BrN3/c1-9-4-5-10(8-15)7-12(9)17-13-11(14)3-2-6-16-13/h2-7H,1H3,(H,16,17). The van der Waals surface area contributed by atoms with Crippen LogP contribution in [-0.2, 0) is 0 Å². The first kappa shape index (κ1) is 11.6. The quantitative estimate of drug-likeness (QED) is 0.915. The normalized spacial score (nSPS) is 9.71. The number of pyridine rings is 1. The molecular weight excluding hydrogens is 278 g/mol. The fourth-order valence-electron chi connectivity index (χ4n) is 1.43. The second kappa shape index (κ2) is 4.98. The minimum absolute atomic E-state index is 0.630. The summed E-state index contributed by atoms with van der Waals surface area (Å²) < 4.78 is 0.891. The number of aromatic nitrogens is 1. The van der Waals surface area contributed by atoms with E-state index in [4.69, 9.17) is 5.26 Å². The van der Waals surface area contributed by atoms with Crippen molar-refractivity contribution in [3.63, 3.8) is 0 Å². The van der Waals surface area contributed by atoms with Crippen LogP contribution >= 0.6 is 15.9 Å². The summed E-state index contributed by atoms with van der Waals surface area (Å²) in [6, 6.07) is 11.4. The van der Waals surface area contributed by atoms with Gasteiger partial charge in [-0.05, 0) is 52.7 Å². The lowest BCUT2D eigenvalue weighted by atomic mass is 10.1. The van der Waals surface area contributed by atoms with Gasteiger partial charge >= 0.3 is 0 Å². The number of aryl methyl sites for hydroxylation is 1. The molecule has 0 amide bonds. The van der Waals surface area contributed by atoms with E-state index in [1.807, 2.05) is 31.2 Å². The largest absolute Gasteiger partial charge is 0.339 e. The Morgan fingerprint density at radius 1 is 1.35 bits per heavy atom. The minimum Gasteiger partial charge on any atom is -0.339 e. The van der Waals surface area contributed by atoms with E-state index in [9.17, 15) is 0 Å². The van der Waals surface area contributed by atoms with Gasteiger partial charge in [0.1, 0.15) is 5.82 Å². The van der Waals surface area contributed by atoms with Crippen LogP contribution < -0.4 is 5.32 Å². The van der Waals surface area contributed by atoms with Gasteiger partial charge in [0, 0.05) is 11.9 Å². The van der Waals surface area contributed by atoms with Gasteiger partial charge < -0.3 is 5.32 Å². The van der Waals surface area contributed by atoms with Crippen molar-refractivity contribution < 1.29 is 0 Å². The Hall–Kier alpha value is -1.86. The molecule has 0 saturated heterocycles. The van der Waals surface area contributed by atoms with Crippen LogP contribution in [0.4, 0.5) is 11.5 Å². The third-order valence-corrected chi connectivity index (χ3v) is 3.02. The van der Waals surface area contributed by atoms with Crippen molar-refractivity contribution >= 4 is 27.4 Å². The molecule has 17 heavy (non-hydrogen) atoms. The Balaban J connectivity index is 2.37. The molecule has 0 saturated carbocycles. The highest BCUT2D eigenvalue weighted by Gasteiger charge is 2.04. The molecule has 1 heterocycles. The molecule has 4 heteroatoms. The first-order chi connectivity index (χ1) is 8.20. The maximum atomic E-state index is 8.87. The van der Waals surface area contributed by atoms with Crippen LogP contribution in [0.25, 0.3) is 0 Å². The zero-order valence-corrected chi connectivity index (χ0v) is 10.8. The molecule has 0 bridgehead atoms.